The van der Waals surface area contributed by atoms with Gasteiger partial charge in [-0.15, -0.1) is 0 Å². The molecule has 0 spiro atoms. The van der Waals surface area contributed by atoms with Crippen LogP contribution in [0.15, 0.2) is 84.9 Å². The summed E-state index contributed by atoms with van der Waals surface area (Å²) in [5.74, 6) is -1.07. The number of benzene rings is 3. The van der Waals surface area contributed by atoms with Crippen LogP contribution in [0.2, 0.25) is 5.02 Å². The van der Waals surface area contributed by atoms with E-state index in [0.29, 0.717) is 32.9 Å². The lowest BCUT2D eigenvalue weighted by Gasteiger charge is -2.11. The van der Waals surface area contributed by atoms with Gasteiger partial charge in [0.2, 0.25) is 0 Å². The first kappa shape index (κ1) is 19.6. The van der Waals surface area contributed by atoms with E-state index < -0.39 is 18.5 Å². The predicted molar refractivity (Wildman–Crippen MR) is 118 cm³/mol. The van der Waals surface area contributed by atoms with Crippen LogP contribution in [0.4, 0.5) is 5.69 Å². The van der Waals surface area contributed by atoms with Crippen molar-refractivity contribution in [1.29, 1.82) is 0 Å². The number of hydrogen-bond donors (Lipinski definition) is 1. The van der Waals surface area contributed by atoms with Gasteiger partial charge in [0, 0.05) is 10.9 Å². The third-order valence-corrected chi connectivity index (χ3v) is 4.82. The fourth-order valence-corrected chi connectivity index (χ4v) is 3.24. The van der Waals surface area contributed by atoms with Crippen molar-refractivity contribution < 1.29 is 14.3 Å². The van der Waals surface area contributed by atoms with Crippen molar-refractivity contribution >= 4 is 40.1 Å². The Bertz CT molecular complexity index is 1230. The monoisotopic (exact) mass is 416 g/mol. The second-order valence-electron chi connectivity index (χ2n) is 6.54. The molecule has 0 fully saturated rings. The number of ether oxygens (including phenoxy) is 1. The van der Waals surface area contributed by atoms with Crippen LogP contribution in [0.1, 0.15) is 10.4 Å². The molecule has 4 rings (SSSR count). The molecule has 0 saturated heterocycles. The number of anilines is 1. The number of nitrogens with one attached hydrogen (secondary N) is 1. The Balaban J connectivity index is 1.57. The van der Waals surface area contributed by atoms with E-state index in [-0.39, 0.29) is 0 Å². The molecular weight excluding hydrogens is 400 g/mol. The zero-order chi connectivity index (χ0) is 20.9. The zero-order valence-corrected chi connectivity index (χ0v) is 16.6. The van der Waals surface area contributed by atoms with Gasteiger partial charge in [-0.05, 0) is 24.3 Å². The van der Waals surface area contributed by atoms with Gasteiger partial charge < -0.3 is 10.1 Å². The Morgan fingerprint density at radius 1 is 0.900 bits per heavy atom. The van der Waals surface area contributed by atoms with Crippen LogP contribution in [0, 0.1) is 0 Å². The van der Waals surface area contributed by atoms with Gasteiger partial charge in [-0.2, -0.15) is 0 Å². The van der Waals surface area contributed by atoms with Crippen molar-refractivity contribution in [3.63, 3.8) is 0 Å². The predicted octanol–water partition coefficient (Wildman–Crippen LogP) is 5.35. The van der Waals surface area contributed by atoms with Crippen molar-refractivity contribution in [2.24, 2.45) is 0 Å². The maximum absolute atomic E-state index is 12.8. The summed E-state index contributed by atoms with van der Waals surface area (Å²) >= 11 is 6.04. The van der Waals surface area contributed by atoms with Crippen LogP contribution >= 0.6 is 11.6 Å². The Morgan fingerprint density at radius 3 is 2.40 bits per heavy atom. The van der Waals surface area contributed by atoms with Gasteiger partial charge in [-0.25, -0.2) is 9.78 Å². The molecule has 0 aliphatic heterocycles. The van der Waals surface area contributed by atoms with Crippen LogP contribution in [0.3, 0.4) is 0 Å². The minimum atomic E-state index is -0.597. The summed E-state index contributed by atoms with van der Waals surface area (Å²) in [7, 11) is 0. The van der Waals surface area contributed by atoms with E-state index in [4.69, 9.17) is 16.3 Å². The summed E-state index contributed by atoms with van der Waals surface area (Å²) in [6, 6.07) is 25.4. The second kappa shape index (κ2) is 8.76. The molecule has 5 nitrogen and oxygen atoms in total. The first-order chi connectivity index (χ1) is 14.6. The number of nitrogens with zero attached hydrogens (tertiary/aromatic N) is 1. The van der Waals surface area contributed by atoms with Crippen LogP contribution in [-0.4, -0.2) is 23.5 Å². The summed E-state index contributed by atoms with van der Waals surface area (Å²) in [6.45, 7) is -0.429. The van der Waals surface area contributed by atoms with E-state index in [2.05, 4.69) is 10.3 Å². The van der Waals surface area contributed by atoms with E-state index in [0.717, 1.165) is 5.56 Å². The Hall–Kier alpha value is -3.70. The van der Waals surface area contributed by atoms with Crippen LogP contribution in [0.5, 0.6) is 0 Å². The molecule has 0 radical (unpaired) electrons. The lowest BCUT2D eigenvalue weighted by atomic mass is 10.0. The summed E-state index contributed by atoms with van der Waals surface area (Å²) in [5, 5.41) is 3.70. The number of halogens is 1. The van der Waals surface area contributed by atoms with Crippen molar-refractivity contribution in [1.82, 2.24) is 4.98 Å². The number of para-hydroxylation sites is 2. The van der Waals surface area contributed by atoms with Crippen LogP contribution < -0.4 is 5.32 Å². The minimum Gasteiger partial charge on any atom is -0.452 e. The number of carbonyl (C=O) groups is 2. The van der Waals surface area contributed by atoms with Gasteiger partial charge >= 0.3 is 5.97 Å². The van der Waals surface area contributed by atoms with Crippen molar-refractivity contribution in [3.05, 3.63) is 95.5 Å². The molecule has 4 aromatic rings. The molecule has 0 atom stereocenters. The molecule has 0 bridgehead atoms. The van der Waals surface area contributed by atoms with Gasteiger partial charge in [-0.1, -0.05) is 72.3 Å². The molecule has 3 aromatic carbocycles. The lowest BCUT2D eigenvalue weighted by molar-refractivity contribution is -0.119. The smallest absolute Gasteiger partial charge is 0.339 e. The Kier molecular flexibility index (Phi) is 5.72. The maximum atomic E-state index is 12.8. The first-order valence-electron chi connectivity index (χ1n) is 9.28. The topological polar surface area (TPSA) is 68.3 Å². The zero-order valence-electron chi connectivity index (χ0n) is 15.8. The van der Waals surface area contributed by atoms with E-state index in [1.54, 1.807) is 36.4 Å². The highest BCUT2D eigenvalue weighted by atomic mass is 35.5. The van der Waals surface area contributed by atoms with Gasteiger partial charge in [0.05, 0.1) is 27.5 Å². The van der Waals surface area contributed by atoms with Crippen LogP contribution in [-0.2, 0) is 9.53 Å². The molecule has 148 valence electrons. The molecule has 1 amide bonds. The van der Waals surface area contributed by atoms with Crippen molar-refractivity contribution in [2.45, 2.75) is 0 Å². The average molecular weight is 417 g/mol. The highest BCUT2D eigenvalue weighted by Gasteiger charge is 2.17. The third kappa shape index (κ3) is 4.31. The molecule has 1 N–H and O–H groups in total. The number of fused-ring (bicyclic) bond motifs is 1. The summed E-state index contributed by atoms with van der Waals surface area (Å²) < 4.78 is 5.28. The largest absolute Gasteiger partial charge is 0.452 e. The van der Waals surface area contributed by atoms with Crippen molar-refractivity contribution in [2.75, 3.05) is 11.9 Å². The fraction of sp³-hybridized carbons (Fsp3) is 0.0417. The second-order valence-corrected chi connectivity index (χ2v) is 6.95. The highest BCUT2D eigenvalue weighted by Crippen LogP contribution is 2.25. The quantitative estimate of drug-likeness (QED) is 0.445. The number of hydrogen-bond acceptors (Lipinski definition) is 4. The third-order valence-electron chi connectivity index (χ3n) is 4.49. The van der Waals surface area contributed by atoms with Gasteiger partial charge in [0.25, 0.3) is 5.91 Å². The van der Waals surface area contributed by atoms with Crippen LogP contribution in [0.25, 0.3) is 22.2 Å². The molecule has 6 heteroatoms. The normalized spacial score (nSPS) is 10.6. The van der Waals surface area contributed by atoms with Gasteiger partial charge in [0.1, 0.15) is 0 Å². The van der Waals surface area contributed by atoms with E-state index >= 15 is 0 Å². The Morgan fingerprint density at radius 2 is 1.60 bits per heavy atom. The molecule has 0 aliphatic carbocycles. The van der Waals surface area contributed by atoms with E-state index in [1.807, 2.05) is 48.5 Å². The standard InChI is InChI=1S/C24H17ClN2O3/c25-19-11-5-7-13-21(19)27-23(28)15-30-24(29)18-14-22(16-8-2-1-3-9-16)26-20-12-6-4-10-17(18)20/h1-14H,15H2,(H,27,28). The molecule has 0 saturated carbocycles. The first-order valence-corrected chi connectivity index (χ1v) is 9.66. The van der Waals surface area contributed by atoms with Gasteiger partial charge in [0.15, 0.2) is 6.61 Å². The maximum Gasteiger partial charge on any atom is 0.339 e. The fourth-order valence-electron chi connectivity index (χ4n) is 3.06. The summed E-state index contributed by atoms with van der Waals surface area (Å²) in [4.78, 5) is 29.7. The van der Waals surface area contributed by atoms with Gasteiger partial charge in [-0.3, -0.25) is 4.79 Å². The molecule has 1 heterocycles. The highest BCUT2D eigenvalue weighted by molar-refractivity contribution is 6.33. The van der Waals surface area contributed by atoms with E-state index in [1.165, 1.54) is 0 Å². The Labute approximate surface area is 178 Å². The molecular formula is C24H17ClN2O3. The molecule has 0 unspecified atom stereocenters. The molecule has 1 aromatic heterocycles. The molecule has 30 heavy (non-hydrogen) atoms. The number of carbonyl (C=O) groups excluding carboxylic acids is 2. The number of esters is 1. The average Bonchev–Trinajstić information content (AvgIpc) is 2.79. The molecule has 0 aliphatic rings. The summed E-state index contributed by atoms with van der Waals surface area (Å²) in [6.07, 6.45) is 0. The number of aromatic nitrogens is 1. The minimum absolute atomic E-state index is 0.352. The lowest BCUT2D eigenvalue weighted by Crippen LogP contribution is -2.21. The number of rotatable bonds is 5. The number of pyridine rings is 1. The van der Waals surface area contributed by atoms with E-state index in [9.17, 15) is 9.59 Å². The summed E-state index contributed by atoms with van der Waals surface area (Å²) in [5.41, 5.74) is 3.02. The SMILES string of the molecule is O=C(COC(=O)c1cc(-c2ccccc2)nc2ccccc12)Nc1ccccc1Cl. The van der Waals surface area contributed by atoms with Crippen molar-refractivity contribution in [3.8, 4) is 11.3 Å². The number of amides is 1.